The maximum atomic E-state index is 13.0. The Morgan fingerprint density at radius 3 is 2.48 bits per heavy atom. The number of Topliss-reactive ketones (excluding diaryl/α,β-unsaturated/α-hetero) is 1. The SMILES string of the molecule is Cc1ccc(C)c(/C(O)=C2\C(=O)C(=O)N(c3nccs3)C2c2ccc(O)cc2)c1. The van der Waals surface area contributed by atoms with E-state index in [-0.39, 0.29) is 17.1 Å². The molecule has 0 saturated carbocycles. The molecule has 146 valence electrons. The Labute approximate surface area is 171 Å². The minimum atomic E-state index is -0.846. The summed E-state index contributed by atoms with van der Waals surface area (Å²) in [6.45, 7) is 3.72. The molecule has 0 radical (unpaired) electrons. The van der Waals surface area contributed by atoms with Crippen LogP contribution in [0.5, 0.6) is 5.75 Å². The number of aliphatic hydroxyl groups excluding tert-OH is 1. The lowest BCUT2D eigenvalue weighted by Gasteiger charge is -2.23. The number of rotatable bonds is 3. The maximum absolute atomic E-state index is 13.0. The van der Waals surface area contributed by atoms with Crippen molar-refractivity contribution in [2.75, 3.05) is 4.90 Å². The normalized spacial score (nSPS) is 18.4. The number of anilines is 1. The molecule has 1 amide bonds. The predicted molar refractivity (Wildman–Crippen MR) is 111 cm³/mol. The van der Waals surface area contributed by atoms with Crippen LogP contribution in [-0.2, 0) is 9.59 Å². The highest BCUT2D eigenvalue weighted by Crippen LogP contribution is 2.43. The summed E-state index contributed by atoms with van der Waals surface area (Å²) in [6.07, 6.45) is 1.55. The Kier molecular flexibility index (Phi) is 4.68. The van der Waals surface area contributed by atoms with E-state index in [0.717, 1.165) is 11.1 Å². The Bertz CT molecular complexity index is 1130. The molecule has 29 heavy (non-hydrogen) atoms. The van der Waals surface area contributed by atoms with Crippen LogP contribution in [0, 0.1) is 13.8 Å². The number of hydrogen-bond acceptors (Lipinski definition) is 6. The molecule has 2 N–H and O–H groups in total. The highest BCUT2D eigenvalue weighted by molar-refractivity contribution is 7.14. The highest BCUT2D eigenvalue weighted by atomic mass is 32.1. The fourth-order valence-corrected chi connectivity index (χ4v) is 4.14. The second-order valence-electron chi connectivity index (χ2n) is 6.89. The smallest absolute Gasteiger partial charge is 0.301 e. The lowest BCUT2D eigenvalue weighted by molar-refractivity contribution is -0.132. The third-order valence-corrected chi connectivity index (χ3v) is 5.70. The van der Waals surface area contributed by atoms with E-state index in [4.69, 9.17) is 0 Å². The first-order valence-corrected chi connectivity index (χ1v) is 9.83. The fraction of sp³-hybridized carbons (Fsp3) is 0.136. The molecule has 6 nitrogen and oxygen atoms in total. The molecule has 1 atom stereocenters. The Balaban J connectivity index is 1.97. The molecule has 0 bridgehead atoms. The average Bonchev–Trinajstić information content (AvgIpc) is 3.31. The first-order valence-electron chi connectivity index (χ1n) is 8.95. The van der Waals surface area contributed by atoms with E-state index in [1.165, 1.54) is 28.4 Å². The van der Waals surface area contributed by atoms with Crippen molar-refractivity contribution >= 4 is 33.9 Å². The zero-order valence-corrected chi connectivity index (χ0v) is 16.6. The molecule has 2 aromatic carbocycles. The topological polar surface area (TPSA) is 90.7 Å². The number of amides is 1. The Morgan fingerprint density at radius 1 is 1.10 bits per heavy atom. The van der Waals surface area contributed by atoms with Crippen molar-refractivity contribution in [3.8, 4) is 5.75 Å². The molecular formula is C22H18N2O4S. The van der Waals surface area contributed by atoms with E-state index >= 15 is 0 Å². The third-order valence-electron chi connectivity index (χ3n) is 4.93. The van der Waals surface area contributed by atoms with Crippen LogP contribution < -0.4 is 4.90 Å². The first kappa shape index (κ1) is 18.9. The maximum Gasteiger partial charge on any atom is 0.301 e. The third kappa shape index (κ3) is 3.19. The van der Waals surface area contributed by atoms with Gasteiger partial charge in [0, 0.05) is 17.1 Å². The van der Waals surface area contributed by atoms with Crippen molar-refractivity contribution in [2.45, 2.75) is 19.9 Å². The monoisotopic (exact) mass is 406 g/mol. The molecule has 0 spiro atoms. The molecule has 1 saturated heterocycles. The Hall–Kier alpha value is -3.45. The molecule has 4 rings (SSSR count). The number of phenols is 1. The van der Waals surface area contributed by atoms with Crippen LogP contribution in [-0.4, -0.2) is 26.9 Å². The number of benzene rings is 2. The van der Waals surface area contributed by atoms with E-state index < -0.39 is 17.7 Å². The van der Waals surface area contributed by atoms with Crippen molar-refractivity contribution in [2.24, 2.45) is 0 Å². The number of ketones is 1. The Morgan fingerprint density at radius 2 is 1.83 bits per heavy atom. The van der Waals surface area contributed by atoms with Gasteiger partial charge in [-0.2, -0.15) is 0 Å². The van der Waals surface area contributed by atoms with Crippen molar-refractivity contribution in [1.82, 2.24) is 4.98 Å². The number of carbonyl (C=O) groups excluding carboxylic acids is 2. The zero-order valence-electron chi connectivity index (χ0n) is 15.8. The van der Waals surface area contributed by atoms with Gasteiger partial charge < -0.3 is 10.2 Å². The molecule has 1 fully saturated rings. The number of thiazole rings is 1. The highest BCUT2D eigenvalue weighted by Gasteiger charge is 2.48. The van der Waals surface area contributed by atoms with Gasteiger partial charge in [0.15, 0.2) is 5.13 Å². The molecule has 1 aliphatic rings. The van der Waals surface area contributed by atoms with E-state index in [0.29, 0.717) is 16.3 Å². The lowest BCUT2D eigenvalue weighted by Crippen LogP contribution is -2.29. The number of hydrogen-bond donors (Lipinski definition) is 2. The summed E-state index contributed by atoms with van der Waals surface area (Å²) in [7, 11) is 0. The molecular weight excluding hydrogens is 388 g/mol. The van der Waals surface area contributed by atoms with Gasteiger partial charge in [-0.25, -0.2) is 4.98 Å². The van der Waals surface area contributed by atoms with E-state index in [1.54, 1.807) is 29.8 Å². The number of phenolic OH excluding ortho intramolecular Hbond substituents is 1. The van der Waals surface area contributed by atoms with Crippen molar-refractivity contribution < 1.29 is 19.8 Å². The van der Waals surface area contributed by atoms with Crippen LogP contribution in [0.1, 0.15) is 28.3 Å². The number of aryl methyl sites for hydroxylation is 2. The summed E-state index contributed by atoms with van der Waals surface area (Å²) < 4.78 is 0. The standard InChI is InChI=1S/C22H18N2O4S/c1-12-3-4-13(2)16(11-12)19(26)17-18(14-5-7-15(25)8-6-14)24(21(28)20(17)27)22-23-9-10-29-22/h3-11,18,25-26H,1-2H3/b19-17+. The summed E-state index contributed by atoms with van der Waals surface area (Å²) in [5.41, 5.74) is 2.81. The molecule has 1 aliphatic heterocycles. The van der Waals surface area contributed by atoms with Gasteiger partial charge in [-0.15, -0.1) is 11.3 Å². The molecule has 3 aromatic rings. The van der Waals surface area contributed by atoms with E-state index in [1.807, 2.05) is 26.0 Å². The predicted octanol–water partition coefficient (Wildman–Crippen LogP) is 4.09. The van der Waals surface area contributed by atoms with E-state index in [9.17, 15) is 19.8 Å². The van der Waals surface area contributed by atoms with Crippen molar-refractivity contribution in [3.63, 3.8) is 0 Å². The molecule has 2 heterocycles. The van der Waals surface area contributed by atoms with Gasteiger partial charge in [0.25, 0.3) is 5.78 Å². The van der Waals surface area contributed by atoms with Gasteiger partial charge >= 0.3 is 5.91 Å². The van der Waals surface area contributed by atoms with Crippen molar-refractivity contribution in [3.05, 3.63) is 81.9 Å². The van der Waals surface area contributed by atoms with Gasteiger partial charge in [0.1, 0.15) is 11.5 Å². The van der Waals surface area contributed by atoms with Gasteiger partial charge in [0.05, 0.1) is 11.6 Å². The van der Waals surface area contributed by atoms with Gasteiger partial charge in [-0.3, -0.25) is 14.5 Å². The zero-order chi connectivity index (χ0) is 20.7. The summed E-state index contributed by atoms with van der Waals surface area (Å²) in [5.74, 6) is -1.67. The number of aromatic hydroxyl groups is 1. The quantitative estimate of drug-likeness (QED) is 0.388. The van der Waals surface area contributed by atoms with Gasteiger partial charge in [-0.1, -0.05) is 29.8 Å². The average molecular weight is 406 g/mol. The minimum absolute atomic E-state index is 0.00425. The van der Waals surface area contributed by atoms with Gasteiger partial charge in [0.2, 0.25) is 0 Å². The largest absolute Gasteiger partial charge is 0.508 e. The number of nitrogens with zero attached hydrogens (tertiary/aromatic N) is 2. The number of aromatic nitrogens is 1. The number of carbonyl (C=O) groups is 2. The van der Waals surface area contributed by atoms with Crippen molar-refractivity contribution in [1.29, 1.82) is 0 Å². The van der Waals surface area contributed by atoms with Crippen LogP contribution in [0.4, 0.5) is 5.13 Å². The summed E-state index contributed by atoms with van der Waals surface area (Å²) in [6, 6.07) is 10.9. The van der Waals surface area contributed by atoms with Crippen LogP contribution >= 0.6 is 11.3 Å². The minimum Gasteiger partial charge on any atom is -0.508 e. The second kappa shape index (κ2) is 7.18. The van der Waals surface area contributed by atoms with E-state index in [2.05, 4.69) is 4.98 Å². The van der Waals surface area contributed by atoms with Gasteiger partial charge in [-0.05, 0) is 43.2 Å². The summed E-state index contributed by atoms with van der Waals surface area (Å²) in [5, 5.41) is 22.9. The second-order valence-corrected chi connectivity index (χ2v) is 7.77. The summed E-state index contributed by atoms with van der Waals surface area (Å²) in [4.78, 5) is 31.4. The van der Waals surface area contributed by atoms with Crippen LogP contribution in [0.25, 0.3) is 5.76 Å². The van der Waals surface area contributed by atoms with Crippen LogP contribution in [0.15, 0.2) is 59.6 Å². The fourth-order valence-electron chi connectivity index (χ4n) is 3.47. The first-order chi connectivity index (χ1) is 13.9. The lowest BCUT2D eigenvalue weighted by atomic mass is 9.93. The molecule has 7 heteroatoms. The number of aliphatic hydroxyl groups is 1. The molecule has 1 unspecified atom stereocenters. The molecule has 1 aromatic heterocycles. The van der Waals surface area contributed by atoms with Crippen LogP contribution in [0.3, 0.4) is 0 Å². The van der Waals surface area contributed by atoms with Crippen LogP contribution in [0.2, 0.25) is 0 Å². The summed E-state index contributed by atoms with van der Waals surface area (Å²) >= 11 is 1.23. The molecule has 0 aliphatic carbocycles.